The number of carbonyl (C=O) groups is 3. The van der Waals surface area contributed by atoms with Gasteiger partial charge in [0, 0.05) is 18.3 Å². The van der Waals surface area contributed by atoms with Gasteiger partial charge in [0.25, 0.3) is 11.5 Å². The number of anilines is 1. The Morgan fingerprint density at radius 1 is 1.06 bits per heavy atom. The molecule has 2 heterocycles. The molecule has 1 N–H and O–H groups in total. The van der Waals surface area contributed by atoms with Crippen LogP contribution in [0.15, 0.2) is 47.3 Å². The van der Waals surface area contributed by atoms with Crippen LogP contribution in [0.3, 0.4) is 0 Å². The molecule has 3 aromatic rings. The van der Waals surface area contributed by atoms with Gasteiger partial charge in [0.05, 0.1) is 22.7 Å². The number of esters is 1. The third-order valence-electron chi connectivity index (χ3n) is 5.05. The molecule has 0 saturated heterocycles. The standard InChI is InChI=1S/C23H25N3O5S/c1-14-10-12-19(32-14)18(27)11-13-20(28)31-16(3)22(29)24-21-15(2)25(4)26(23(21)30)17-8-6-5-7-9-17/h5-10,12,16H,11,13H2,1-4H3,(H,24,29). The van der Waals surface area contributed by atoms with Crippen LogP contribution in [0.25, 0.3) is 5.69 Å². The zero-order valence-corrected chi connectivity index (χ0v) is 19.2. The number of aromatic nitrogens is 2. The van der Waals surface area contributed by atoms with Crippen LogP contribution >= 0.6 is 11.3 Å². The van der Waals surface area contributed by atoms with Crippen molar-refractivity contribution in [1.29, 1.82) is 0 Å². The van der Waals surface area contributed by atoms with Crippen LogP contribution in [0.5, 0.6) is 0 Å². The van der Waals surface area contributed by atoms with Gasteiger partial charge in [-0.05, 0) is 45.0 Å². The quantitative estimate of drug-likeness (QED) is 0.415. The van der Waals surface area contributed by atoms with Crippen LogP contribution in [-0.4, -0.2) is 33.1 Å². The van der Waals surface area contributed by atoms with Gasteiger partial charge in [-0.25, -0.2) is 4.68 Å². The summed E-state index contributed by atoms with van der Waals surface area (Å²) in [5, 5.41) is 2.57. The van der Waals surface area contributed by atoms with E-state index in [-0.39, 0.29) is 29.9 Å². The third-order valence-corrected chi connectivity index (χ3v) is 6.09. The number of ether oxygens (including phenoxy) is 1. The van der Waals surface area contributed by atoms with Gasteiger partial charge in [0.2, 0.25) is 0 Å². The Labute approximate surface area is 189 Å². The molecule has 0 saturated carbocycles. The van der Waals surface area contributed by atoms with E-state index >= 15 is 0 Å². The highest BCUT2D eigenvalue weighted by molar-refractivity contribution is 7.14. The van der Waals surface area contributed by atoms with Crippen molar-refractivity contribution in [2.75, 3.05) is 5.32 Å². The van der Waals surface area contributed by atoms with E-state index in [4.69, 9.17) is 4.74 Å². The monoisotopic (exact) mass is 455 g/mol. The number of rotatable bonds is 8. The molecule has 9 heteroatoms. The molecule has 32 heavy (non-hydrogen) atoms. The molecule has 1 atom stereocenters. The lowest BCUT2D eigenvalue weighted by atomic mass is 10.2. The molecule has 0 spiro atoms. The molecule has 168 valence electrons. The van der Waals surface area contributed by atoms with Crippen molar-refractivity contribution in [3.05, 3.63) is 68.3 Å². The lowest BCUT2D eigenvalue weighted by Gasteiger charge is -2.12. The molecule has 0 fully saturated rings. The van der Waals surface area contributed by atoms with E-state index in [2.05, 4.69) is 5.32 Å². The van der Waals surface area contributed by atoms with Gasteiger partial charge in [-0.1, -0.05) is 18.2 Å². The molecular weight excluding hydrogens is 430 g/mol. The first-order valence-corrected chi connectivity index (χ1v) is 10.9. The normalized spacial score (nSPS) is 11.8. The summed E-state index contributed by atoms with van der Waals surface area (Å²) in [6.45, 7) is 5.04. The van der Waals surface area contributed by atoms with E-state index in [1.807, 2.05) is 31.2 Å². The molecule has 0 aliphatic carbocycles. The van der Waals surface area contributed by atoms with Gasteiger partial charge in [0.1, 0.15) is 5.69 Å². The average Bonchev–Trinajstić information content (AvgIpc) is 3.29. The Morgan fingerprint density at radius 3 is 2.38 bits per heavy atom. The van der Waals surface area contributed by atoms with Crippen LogP contribution in [0.4, 0.5) is 5.69 Å². The third kappa shape index (κ3) is 5.05. The van der Waals surface area contributed by atoms with Crippen molar-refractivity contribution < 1.29 is 19.1 Å². The fourth-order valence-electron chi connectivity index (χ4n) is 3.17. The van der Waals surface area contributed by atoms with Crippen molar-refractivity contribution >= 4 is 34.7 Å². The number of thiophene rings is 1. The van der Waals surface area contributed by atoms with Crippen molar-refractivity contribution in [3.63, 3.8) is 0 Å². The zero-order valence-electron chi connectivity index (χ0n) is 18.4. The maximum absolute atomic E-state index is 12.9. The number of para-hydroxylation sites is 1. The van der Waals surface area contributed by atoms with Gasteiger partial charge < -0.3 is 10.1 Å². The molecule has 1 unspecified atom stereocenters. The number of hydrogen-bond acceptors (Lipinski definition) is 6. The average molecular weight is 456 g/mol. The molecule has 0 bridgehead atoms. The van der Waals surface area contributed by atoms with Crippen molar-refractivity contribution in [1.82, 2.24) is 9.36 Å². The Morgan fingerprint density at radius 2 is 1.75 bits per heavy atom. The van der Waals surface area contributed by atoms with Crippen LogP contribution in [0.2, 0.25) is 0 Å². The Kier molecular flexibility index (Phi) is 7.09. The van der Waals surface area contributed by atoms with Crippen LogP contribution in [0, 0.1) is 13.8 Å². The van der Waals surface area contributed by atoms with Crippen LogP contribution in [0.1, 0.15) is 40.0 Å². The zero-order chi connectivity index (χ0) is 23.4. The lowest BCUT2D eigenvalue weighted by Crippen LogP contribution is -2.32. The number of ketones is 1. The number of nitrogens with zero attached hydrogens (tertiary/aromatic N) is 2. The highest BCUT2D eigenvalue weighted by Crippen LogP contribution is 2.18. The van der Waals surface area contributed by atoms with Gasteiger partial charge in [0.15, 0.2) is 11.9 Å². The predicted octanol–water partition coefficient (Wildman–Crippen LogP) is 3.39. The first-order valence-electron chi connectivity index (χ1n) is 10.1. The fourth-order valence-corrected chi connectivity index (χ4v) is 4.00. The number of nitrogens with one attached hydrogen (secondary N) is 1. The van der Waals surface area contributed by atoms with Crippen molar-refractivity contribution in [2.24, 2.45) is 7.05 Å². The highest BCUT2D eigenvalue weighted by Gasteiger charge is 2.23. The molecule has 0 radical (unpaired) electrons. The van der Waals surface area contributed by atoms with Gasteiger partial charge in [-0.3, -0.25) is 23.9 Å². The smallest absolute Gasteiger partial charge is 0.307 e. The number of aryl methyl sites for hydroxylation is 1. The first kappa shape index (κ1) is 23.2. The minimum Gasteiger partial charge on any atom is -0.453 e. The number of hydrogen-bond donors (Lipinski definition) is 1. The molecular formula is C23H25N3O5S. The molecule has 1 aromatic carbocycles. The summed E-state index contributed by atoms with van der Waals surface area (Å²) in [6.07, 6.45) is -1.24. The summed E-state index contributed by atoms with van der Waals surface area (Å²) in [4.78, 5) is 51.3. The van der Waals surface area contributed by atoms with E-state index in [9.17, 15) is 19.2 Å². The molecule has 1 amide bonds. The molecule has 2 aromatic heterocycles. The lowest BCUT2D eigenvalue weighted by molar-refractivity contribution is -0.153. The maximum Gasteiger partial charge on any atom is 0.307 e. The largest absolute Gasteiger partial charge is 0.453 e. The van der Waals surface area contributed by atoms with Crippen molar-refractivity contribution in [2.45, 2.75) is 39.7 Å². The second-order valence-electron chi connectivity index (χ2n) is 7.39. The van der Waals surface area contributed by atoms with E-state index in [1.165, 1.54) is 22.9 Å². The number of amides is 1. The summed E-state index contributed by atoms with van der Waals surface area (Å²) < 4.78 is 8.25. The second-order valence-corrected chi connectivity index (χ2v) is 8.68. The predicted molar refractivity (Wildman–Crippen MR) is 123 cm³/mol. The SMILES string of the molecule is Cc1ccc(C(=O)CCC(=O)OC(C)C(=O)Nc2c(C)n(C)n(-c3ccccc3)c2=O)s1. The summed E-state index contributed by atoms with van der Waals surface area (Å²) in [5.41, 5.74) is 0.948. The van der Waals surface area contributed by atoms with Crippen LogP contribution < -0.4 is 10.9 Å². The minimum atomic E-state index is -1.12. The summed E-state index contributed by atoms with van der Waals surface area (Å²) in [7, 11) is 1.72. The van der Waals surface area contributed by atoms with E-state index < -0.39 is 18.0 Å². The van der Waals surface area contributed by atoms with Crippen LogP contribution in [-0.2, 0) is 21.4 Å². The van der Waals surface area contributed by atoms with E-state index in [0.717, 1.165) is 4.88 Å². The van der Waals surface area contributed by atoms with Gasteiger partial charge >= 0.3 is 5.97 Å². The Hall–Kier alpha value is -3.46. The fraction of sp³-hybridized carbons (Fsp3) is 0.304. The number of carbonyl (C=O) groups excluding carboxylic acids is 3. The molecule has 0 aliphatic heterocycles. The summed E-state index contributed by atoms with van der Waals surface area (Å²) >= 11 is 1.37. The van der Waals surface area contributed by atoms with E-state index in [0.29, 0.717) is 16.3 Å². The highest BCUT2D eigenvalue weighted by atomic mass is 32.1. The Bertz CT molecular complexity index is 1210. The Balaban J connectivity index is 1.61. The van der Waals surface area contributed by atoms with Gasteiger partial charge in [-0.15, -0.1) is 11.3 Å². The topological polar surface area (TPSA) is 99.4 Å². The second kappa shape index (κ2) is 9.78. The first-order chi connectivity index (χ1) is 15.2. The number of Topliss-reactive ketones (excluding diaryl/α,β-unsaturated/α-hetero) is 1. The summed E-state index contributed by atoms with van der Waals surface area (Å²) in [6, 6.07) is 12.6. The molecule has 0 aliphatic rings. The molecule has 3 rings (SSSR count). The maximum atomic E-state index is 12.9. The van der Waals surface area contributed by atoms with Crippen molar-refractivity contribution in [3.8, 4) is 5.69 Å². The van der Waals surface area contributed by atoms with Gasteiger partial charge in [-0.2, -0.15) is 0 Å². The van der Waals surface area contributed by atoms with E-state index in [1.54, 1.807) is 36.9 Å². The minimum absolute atomic E-state index is 0.00665. The summed E-state index contributed by atoms with van der Waals surface area (Å²) in [5.74, 6) is -1.41. The number of benzene rings is 1. The molecule has 8 nitrogen and oxygen atoms in total.